The van der Waals surface area contributed by atoms with Gasteiger partial charge in [-0.15, -0.1) is 31.7 Å². The molecule has 0 saturated heterocycles. The topological polar surface area (TPSA) is 171 Å². The lowest BCUT2D eigenvalue weighted by Crippen LogP contribution is -3.00. The first-order valence-corrected chi connectivity index (χ1v) is 16.4. The van der Waals surface area contributed by atoms with Gasteiger partial charge in [-0.1, -0.05) is 125 Å². The molecule has 55 heavy (non-hydrogen) atoms. The molecule has 0 aromatic heterocycles. The molecule has 0 heterocycles. The molecule has 2 amide bonds. The number of terminal acetylenes is 3. The second kappa shape index (κ2) is 47.5. The average Bonchev–Trinajstić information content (AvgIpc) is 3.19. The van der Waals surface area contributed by atoms with E-state index in [1.165, 1.54) is 28.4 Å². The average molecular weight is 895 g/mol. The van der Waals surface area contributed by atoms with E-state index in [1.54, 1.807) is 0 Å². The van der Waals surface area contributed by atoms with E-state index in [1.807, 2.05) is 91.0 Å². The first kappa shape index (κ1) is 59.7. The first-order chi connectivity index (χ1) is 25.6. The van der Waals surface area contributed by atoms with Crippen molar-refractivity contribution in [2.24, 2.45) is 0 Å². The number of nitrogens with zero attached hydrogens (tertiary/aromatic N) is 1. The fraction of sp³-hybridized carbons (Fsp3) is 0.270. The number of hydroxylamine groups is 4. The van der Waals surface area contributed by atoms with Gasteiger partial charge in [0.05, 0.1) is 40.3 Å². The van der Waals surface area contributed by atoms with Crippen LogP contribution < -0.4 is 29.3 Å². The number of alkyl halides is 1. The van der Waals surface area contributed by atoms with Crippen LogP contribution in [0.4, 0.5) is 14.4 Å². The predicted molar refractivity (Wildman–Crippen MR) is 212 cm³/mol. The van der Waals surface area contributed by atoms with Crippen molar-refractivity contribution in [3.8, 4) is 37.0 Å². The number of halogens is 4. The summed E-state index contributed by atoms with van der Waals surface area (Å²) in [7, 11) is 5.75. The maximum Gasteiger partial charge on any atom is 0.435 e. The van der Waals surface area contributed by atoms with Gasteiger partial charge in [-0.25, -0.2) is 25.1 Å². The number of nitrogens with one attached hydrogen (secondary N) is 2. The second-order valence-corrected chi connectivity index (χ2v) is 9.57. The zero-order valence-electron chi connectivity index (χ0n) is 30.9. The number of amides is 2. The number of carbonyl (C=O) groups excluding carboxylic acids is 3. The standard InChI is InChI=1S/C12H13NO3.C9H11NO3.C8H7ClO2.C4H7NO.C3H3Br.CH6NO.2ClH/c1-3-9-13(15-2)12(14)16-10-11-7-5-4-6-8-11;1-12-10-9(11)13-7-8-5-3-2-4-6-8;9-8(10)11-6-7-4-2-1-3-5-7;1-3-4-5-6-2;1-2-3-4;1-3-2;;/h1,4-8H,9-10H2,2H3;2-6H,7H2,1H3,(H,10,11);1-5H,6H2;1,5H,4H2,2H3;1H,3H2;1-2H3;2*1H/q;;;;;+1;;/p-1. The van der Waals surface area contributed by atoms with Crippen LogP contribution in [0.15, 0.2) is 91.0 Å². The molecule has 0 unspecified atom stereocenters. The lowest BCUT2D eigenvalue weighted by atomic mass is 10.2. The zero-order chi connectivity index (χ0) is 40.4. The Morgan fingerprint density at radius 2 is 1.13 bits per heavy atom. The van der Waals surface area contributed by atoms with E-state index in [-0.39, 0.29) is 51.2 Å². The molecule has 0 aliphatic heterocycles. The van der Waals surface area contributed by atoms with Crippen LogP contribution in [0.5, 0.6) is 0 Å². The Bertz CT molecular complexity index is 1450. The van der Waals surface area contributed by atoms with Gasteiger partial charge in [-0.3, -0.25) is 9.68 Å². The molecule has 3 rings (SSSR count). The molecule has 18 heteroatoms. The van der Waals surface area contributed by atoms with E-state index in [0.29, 0.717) is 11.9 Å². The van der Waals surface area contributed by atoms with Gasteiger partial charge in [0.15, 0.2) is 0 Å². The second-order valence-electron chi connectivity index (χ2n) is 8.70. The van der Waals surface area contributed by atoms with Gasteiger partial charge in [-0.2, -0.15) is 16.0 Å². The third-order valence-electron chi connectivity index (χ3n) is 4.85. The quantitative estimate of drug-likeness (QED) is 0.0647. The number of hydrogen-bond acceptors (Lipinski definition) is 11. The third kappa shape index (κ3) is 43.8. The van der Waals surface area contributed by atoms with Crippen molar-refractivity contribution in [3.63, 3.8) is 0 Å². The maximum atomic E-state index is 11.4. The summed E-state index contributed by atoms with van der Waals surface area (Å²) in [4.78, 5) is 49.9. The molecule has 0 aliphatic carbocycles. The summed E-state index contributed by atoms with van der Waals surface area (Å²) in [5.74, 6) is 9.96. The third-order valence-corrected chi connectivity index (χ3v) is 5.29. The van der Waals surface area contributed by atoms with Gasteiger partial charge in [0.1, 0.15) is 26.4 Å². The van der Waals surface area contributed by atoms with E-state index in [2.05, 4.69) is 69.8 Å². The molecule has 14 nitrogen and oxygen atoms in total. The zero-order valence-corrected chi connectivity index (χ0v) is 34.8. The minimum Gasteiger partial charge on any atom is -1.00 e. The van der Waals surface area contributed by atoms with Crippen LogP contribution in [0.2, 0.25) is 0 Å². The number of carbonyl (C=O) groups is 3. The highest BCUT2D eigenvalue weighted by molar-refractivity contribution is 9.09. The Balaban J connectivity index is -0.000000195. The van der Waals surface area contributed by atoms with Crippen LogP contribution in [0.25, 0.3) is 0 Å². The molecule has 3 aromatic carbocycles. The SMILES string of the molecule is C#CCBr.C#CCN(OC)C(=O)OCc1ccccc1.C#CCNOC.CONC(=O)OCc1ccccc1.CO[NH3+].Cl.O=C(Cl)OCc1ccccc1.[Cl-]. The molecule has 0 bridgehead atoms. The van der Waals surface area contributed by atoms with E-state index >= 15 is 0 Å². The number of rotatable bonds is 11. The van der Waals surface area contributed by atoms with Crippen molar-refractivity contribution < 1.29 is 66.2 Å². The molecule has 3 aromatic rings. The van der Waals surface area contributed by atoms with E-state index in [4.69, 9.17) is 45.2 Å². The normalized spacial score (nSPS) is 8.22. The molecule has 0 atom stereocenters. The Labute approximate surface area is 349 Å². The largest absolute Gasteiger partial charge is 1.00 e. The first-order valence-electron chi connectivity index (χ1n) is 14.9. The van der Waals surface area contributed by atoms with Gasteiger partial charge in [0.25, 0.3) is 0 Å². The van der Waals surface area contributed by atoms with Crippen LogP contribution >= 0.6 is 39.9 Å². The van der Waals surface area contributed by atoms with Gasteiger partial charge in [0, 0.05) is 11.6 Å². The number of quaternary nitrogens is 1. The predicted octanol–water partition coefficient (Wildman–Crippen LogP) is 2.86. The summed E-state index contributed by atoms with van der Waals surface area (Å²) < 4.78 is 14.3. The van der Waals surface area contributed by atoms with Crippen LogP contribution in [0, 0.1) is 37.0 Å². The van der Waals surface area contributed by atoms with Gasteiger partial charge in [0.2, 0.25) is 0 Å². The molecule has 0 radical (unpaired) electrons. The molecule has 5 N–H and O–H groups in total. The van der Waals surface area contributed by atoms with Gasteiger partial charge in [-0.05, 0) is 16.7 Å². The Kier molecular flexibility index (Phi) is 51.6. The van der Waals surface area contributed by atoms with Crippen LogP contribution in [-0.2, 0) is 53.4 Å². The highest BCUT2D eigenvalue weighted by atomic mass is 79.9. The van der Waals surface area contributed by atoms with Crippen molar-refractivity contribution in [2.75, 3.05) is 46.9 Å². The van der Waals surface area contributed by atoms with Crippen molar-refractivity contribution >= 4 is 57.6 Å². The summed E-state index contributed by atoms with van der Waals surface area (Å²) in [5, 5.41) is 1.63. The Morgan fingerprint density at radius 3 is 1.42 bits per heavy atom. The fourth-order valence-corrected chi connectivity index (χ4v) is 2.80. The summed E-state index contributed by atoms with van der Waals surface area (Å²) in [5.41, 5.74) is 6.53. The molecular weight excluding hydrogens is 847 g/mol. The lowest BCUT2D eigenvalue weighted by Gasteiger charge is -2.16. The summed E-state index contributed by atoms with van der Waals surface area (Å²) in [6.07, 6.45) is 13.4. The highest BCUT2D eigenvalue weighted by Gasteiger charge is 2.13. The van der Waals surface area contributed by atoms with Crippen molar-refractivity contribution in [3.05, 3.63) is 108 Å². The summed E-state index contributed by atoms with van der Waals surface area (Å²) in [6, 6.07) is 28.2. The number of hydrogen-bond donors (Lipinski definition) is 3. The summed E-state index contributed by atoms with van der Waals surface area (Å²) >= 11 is 7.98. The monoisotopic (exact) mass is 892 g/mol. The summed E-state index contributed by atoms with van der Waals surface area (Å²) in [6.45, 7) is 1.21. The molecular formula is C37H48BrCl3N4O10. The van der Waals surface area contributed by atoms with Gasteiger partial charge < -0.3 is 31.5 Å². The molecule has 0 fully saturated rings. The van der Waals surface area contributed by atoms with Crippen LogP contribution in [-0.4, -0.2) is 69.5 Å². The van der Waals surface area contributed by atoms with E-state index < -0.39 is 17.6 Å². The maximum absolute atomic E-state index is 11.4. The fourth-order valence-electron chi connectivity index (χ4n) is 2.74. The number of ether oxygens (including phenoxy) is 3. The van der Waals surface area contributed by atoms with Crippen LogP contribution in [0.3, 0.4) is 0 Å². The smallest absolute Gasteiger partial charge is 0.435 e. The van der Waals surface area contributed by atoms with Crippen molar-refractivity contribution in [1.82, 2.24) is 16.0 Å². The Hall–Kier alpha value is -4.54. The molecule has 0 aliphatic rings. The Morgan fingerprint density at radius 1 is 0.727 bits per heavy atom. The molecule has 0 saturated carbocycles. The van der Waals surface area contributed by atoms with Crippen LogP contribution in [0.1, 0.15) is 16.7 Å². The van der Waals surface area contributed by atoms with Crippen molar-refractivity contribution in [2.45, 2.75) is 19.8 Å². The highest BCUT2D eigenvalue weighted by Crippen LogP contribution is 2.04. The molecule has 0 spiro atoms. The molecule has 304 valence electrons. The van der Waals surface area contributed by atoms with Gasteiger partial charge >= 0.3 is 17.6 Å². The minimum atomic E-state index is -0.770. The van der Waals surface area contributed by atoms with E-state index in [9.17, 15) is 14.4 Å². The minimum absolute atomic E-state index is 0. The lowest BCUT2D eigenvalue weighted by molar-refractivity contribution is -0.679. The number of benzene rings is 3. The van der Waals surface area contributed by atoms with E-state index in [0.717, 1.165) is 21.8 Å². The van der Waals surface area contributed by atoms with Crippen molar-refractivity contribution in [1.29, 1.82) is 0 Å².